The summed E-state index contributed by atoms with van der Waals surface area (Å²) in [7, 11) is 1.40. The lowest BCUT2D eigenvalue weighted by atomic mass is 10.8. The van der Waals surface area contributed by atoms with Crippen molar-refractivity contribution in [3.8, 4) is 12.5 Å². The van der Waals surface area contributed by atoms with E-state index < -0.39 is 12.4 Å². The van der Waals surface area contributed by atoms with Gasteiger partial charge in [-0.2, -0.15) is 0 Å². The van der Waals surface area contributed by atoms with Gasteiger partial charge in [-0.1, -0.05) is 6.42 Å². The third-order valence-corrected chi connectivity index (χ3v) is 0.736. The maximum Gasteiger partial charge on any atom is 0.525 e. The van der Waals surface area contributed by atoms with Crippen LogP contribution in [-0.2, 0) is 14.2 Å². The molecule has 0 spiro atoms. The molecule has 0 saturated heterocycles. The molecule has 10 heavy (non-hydrogen) atoms. The van der Waals surface area contributed by atoms with E-state index in [1.54, 1.807) is 6.11 Å². The first-order valence-electron chi connectivity index (χ1n) is 2.56. The lowest BCUT2D eigenvalue weighted by molar-refractivity contribution is -0.0832. The molecule has 0 heterocycles. The fraction of sp³-hybridized carbons (Fsp3) is 0.500. The van der Waals surface area contributed by atoms with Crippen molar-refractivity contribution in [2.75, 3.05) is 7.11 Å². The normalized spacial score (nSPS) is 11.3. The largest absolute Gasteiger partial charge is 0.525 e. The zero-order chi connectivity index (χ0) is 7.98. The Morgan fingerprint density at radius 2 is 2.30 bits per heavy atom. The van der Waals surface area contributed by atoms with Crippen molar-refractivity contribution in [2.45, 2.75) is 13.2 Å². The molecular formula is C6H8O4. The smallest absolute Gasteiger partial charge is 0.404 e. The van der Waals surface area contributed by atoms with Crippen LogP contribution in [-0.4, -0.2) is 19.6 Å². The van der Waals surface area contributed by atoms with E-state index in [1.165, 1.54) is 14.0 Å². The molecule has 0 aliphatic carbocycles. The molecule has 1 atom stereocenters. The van der Waals surface area contributed by atoms with Gasteiger partial charge in [-0.05, 0) is 6.92 Å². The molecule has 0 amide bonds. The van der Waals surface area contributed by atoms with Gasteiger partial charge in [0.05, 0.1) is 0 Å². The molecule has 0 aromatic heterocycles. The number of methoxy groups -OCH3 is 1. The fourth-order valence-electron chi connectivity index (χ4n) is 0.256. The van der Waals surface area contributed by atoms with Gasteiger partial charge in [0, 0.05) is 7.11 Å². The standard InChI is InChI=1S/C6H8O4/c1-4-9-6(7)10-5(2)8-3/h1,5H,2-3H3. The summed E-state index contributed by atoms with van der Waals surface area (Å²) < 4.78 is 13.0. The summed E-state index contributed by atoms with van der Waals surface area (Å²) in [5.41, 5.74) is 0. The average Bonchev–Trinajstić information content (AvgIpc) is 1.88. The minimum absolute atomic E-state index is 0.638. The molecule has 0 aromatic carbocycles. The van der Waals surface area contributed by atoms with Crippen molar-refractivity contribution in [3.05, 3.63) is 0 Å². The number of hydrogen-bond acceptors (Lipinski definition) is 4. The highest BCUT2D eigenvalue weighted by Gasteiger charge is 2.07. The van der Waals surface area contributed by atoms with E-state index in [0.717, 1.165) is 0 Å². The van der Waals surface area contributed by atoms with Gasteiger partial charge in [0.1, 0.15) is 6.11 Å². The first kappa shape index (κ1) is 8.79. The molecule has 0 rings (SSSR count). The van der Waals surface area contributed by atoms with Gasteiger partial charge in [0.25, 0.3) is 0 Å². The molecule has 0 bridgehead atoms. The van der Waals surface area contributed by atoms with Crippen LogP contribution in [0.2, 0.25) is 0 Å². The predicted molar refractivity (Wildman–Crippen MR) is 32.9 cm³/mol. The number of carbonyl (C=O) groups is 1. The summed E-state index contributed by atoms with van der Waals surface area (Å²) in [6, 6.07) is 0. The van der Waals surface area contributed by atoms with Gasteiger partial charge >= 0.3 is 6.16 Å². The Balaban J connectivity index is 3.49. The Morgan fingerprint density at radius 3 is 2.70 bits per heavy atom. The Bertz CT molecular complexity index is 146. The summed E-state index contributed by atoms with van der Waals surface area (Å²) in [5.74, 6) is 0. The van der Waals surface area contributed by atoms with Crippen LogP contribution >= 0.6 is 0 Å². The molecule has 0 N–H and O–H groups in total. The maximum atomic E-state index is 10.3. The minimum Gasteiger partial charge on any atom is -0.404 e. The third-order valence-electron chi connectivity index (χ3n) is 0.736. The van der Waals surface area contributed by atoms with Crippen molar-refractivity contribution in [3.63, 3.8) is 0 Å². The third kappa shape index (κ3) is 3.75. The Hall–Kier alpha value is -1.21. The summed E-state index contributed by atoms with van der Waals surface area (Å²) in [6.45, 7) is 1.54. The maximum absolute atomic E-state index is 10.3. The highest BCUT2D eigenvalue weighted by Crippen LogP contribution is 1.92. The summed E-state index contributed by atoms with van der Waals surface area (Å²) >= 11 is 0. The number of ether oxygens (including phenoxy) is 3. The van der Waals surface area contributed by atoms with Crippen LogP contribution in [0.15, 0.2) is 0 Å². The second-order valence-electron chi connectivity index (χ2n) is 1.39. The van der Waals surface area contributed by atoms with Gasteiger partial charge in [-0.25, -0.2) is 4.79 Å². The minimum atomic E-state index is -0.933. The second-order valence-corrected chi connectivity index (χ2v) is 1.39. The Labute approximate surface area is 59.1 Å². The molecule has 4 heteroatoms. The highest BCUT2D eigenvalue weighted by molar-refractivity contribution is 5.61. The van der Waals surface area contributed by atoms with Crippen molar-refractivity contribution in [2.24, 2.45) is 0 Å². The molecule has 0 saturated carbocycles. The molecule has 0 aliphatic rings. The summed E-state index contributed by atoms with van der Waals surface area (Å²) in [4.78, 5) is 10.3. The number of rotatable bonds is 2. The summed E-state index contributed by atoms with van der Waals surface area (Å²) in [6.07, 6.45) is 4.73. The van der Waals surface area contributed by atoms with E-state index in [-0.39, 0.29) is 0 Å². The number of terminal acetylenes is 1. The van der Waals surface area contributed by atoms with Gasteiger partial charge in [0.2, 0.25) is 6.29 Å². The topological polar surface area (TPSA) is 44.8 Å². The van der Waals surface area contributed by atoms with Crippen molar-refractivity contribution < 1.29 is 19.0 Å². The quantitative estimate of drug-likeness (QED) is 0.325. The van der Waals surface area contributed by atoms with Crippen LogP contribution in [0.5, 0.6) is 0 Å². The van der Waals surface area contributed by atoms with Crippen molar-refractivity contribution in [1.82, 2.24) is 0 Å². The van der Waals surface area contributed by atoms with E-state index in [4.69, 9.17) is 0 Å². The molecule has 0 aromatic rings. The lowest BCUT2D eigenvalue weighted by Gasteiger charge is -2.07. The highest BCUT2D eigenvalue weighted by atomic mass is 16.8. The van der Waals surface area contributed by atoms with E-state index in [2.05, 4.69) is 20.6 Å². The van der Waals surface area contributed by atoms with Crippen LogP contribution in [0.4, 0.5) is 4.79 Å². The van der Waals surface area contributed by atoms with Crippen molar-refractivity contribution in [1.29, 1.82) is 0 Å². The monoisotopic (exact) mass is 144 g/mol. The first-order chi connectivity index (χ1) is 4.70. The molecule has 56 valence electrons. The van der Waals surface area contributed by atoms with Gasteiger partial charge in [0.15, 0.2) is 0 Å². The second kappa shape index (κ2) is 4.65. The van der Waals surface area contributed by atoms with E-state index in [9.17, 15) is 4.79 Å². The average molecular weight is 144 g/mol. The van der Waals surface area contributed by atoms with Crippen molar-refractivity contribution >= 4 is 6.16 Å². The number of hydrogen-bond donors (Lipinski definition) is 0. The van der Waals surface area contributed by atoms with Gasteiger partial charge in [-0.15, -0.1) is 0 Å². The Kier molecular flexibility index (Phi) is 4.09. The predicted octanol–water partition coefficient (Wildman–Crippen LogP) is 0.723. The van der Waals surface area contributed by atoms with E-state index >= 15 is 0 Å². The zero-order valence-corrected chi connectivity index (χ0v) is 5.79. The lowest BCUT2D eigenvalue weighted by Crippen LogP contribution is -2.15. The fourth-order valence-corrected chi connectivity index (χ4v) is 0.256. The van der Waals surface area contributed by atoms with Crippen LogP contribution < -0.4 is 0 Å². The SMILES string of the molecule is C#COC(=O)OC(C)OC. The molecule has 0 radical (unpaired) electrons. The van der Waals surface area contributed by atoms with Gasteiger partial charge < -0.3 is 14.2 Å². The molecule has 1 unspecified atom stereocenters. The van der Waals surface area contributed by atoms with Crippen LogP contribution in [0, 0.1) is 12.5 Å². The Morgan fingerprint density at radius 1 is 1.70 bits per heavy atom. The number of carbonyl (C=O) groups excluding carboxylic acids is 1. The van der Waals surface area contributed by atoms with Crippen LogP contribution in [0.1, 0.15) is 6.92 Å². The van der Waals surface area contributed by atoms with Crippen LogP contribution in [0.25, 0.3) is 0 Å². The summed E-state index contributed by atoms with van der Waals surface area (Å²) in [5, 5.41) is 0. The first-order valence-corrected chi connectivity index (χ1v) is 2.56. The molecule has 0 fully saturated rings. The molecule has 4 nitrogen and oxygen atoms in total. The van der Waals surface area contributed by atoms with Gasteiger partial charge in [-0.3, -0.25) is 0 Å². The molecular weight excluding hydrogens is 136 g/mol. The van der Waals surface area contributed by atoms with E-state index in [0.29, 0.717) is 0 Å². The zero-order valence-electron chi connectivity index (χ0n) is 5.79. The van der Waals surface area contributed by atoms with E-state index in [1.807, 2.05) is 0 Å². The van der Waals surface area contributed by atoms with Crippen LogP contribution in [0.3, 0.4) is 0 Å². The molecule has 0 aliphatic heterocycles.